The van der Waals surface area contributed by atoms with E-state index in [0.717, 1.165) is 16.4 Å². The lowest BCUT2D eigenvalue weighted by Crippen LogP contribution is -2.40. The minimum absolute atomic E-state index is 0.158. The molecule has 0 aromatic heterocycles. The van der Waals surface area contributed by atoms with Crippen LogP contribution in [0.4, 0.5) is 18.9 Å². The van der Waals surface area contributed by atoms with Gasteiger partial charge in [0.1, 0.15) is 12.3 Å². The summed E-state index contributed by atoms with van der Waals surface area (Å²) in [5, 5.41) is 2.49. The van der Waals surface area contributed by atoms with E-state index in [4.69, 9.17) is 14.2 Å². The maximum absolute atomic E-state index is 13.7. The van der Waals surface area contributed by atoms with Crippen molar-refractivity contribution in [1.82, 2.24) is 5.32 Å². The van der Waals surface area contributed by atoms with E-state index >= 15 is 0 Å². The maximum atomic E-state index is 13.7. The Morgan fingerprint density at radius 1 is 0.947 bits per heavy atom. The summed E-state index contributed by atoms with van der Waals surface area (Å²) >= 11 is 0. The second-order valence-electron chi connectivity index (χ2n) is 7.93. The van der Waals surface area contributed by atoms with E-state index in [9.17, 15) is 26.4 Å². The molecule has 8 nitrogen and oxygen atoms in total. The fraction of sp³-hybridized carbons (Fsp3) is 0.269. The number of anilines is 1. The number of methoxy groups -OCH3 is 2. The van der Waals surface area contributed by atoms with Gasteiger partial charge in [-0.25, -0.2) is 8.42 Å². The molecule has 0 heterocycles. The summed E-state index contributed by atoms with van der Waals surface area (Å²) in [5.74, 6) is 0.279. The molecule has 1 N–H and O–H groups in total. The zero-order valence-corrected chi connectivity index (χ0v) is 21.7. The number of hydrogen-bond donors (Lipinski definition) is 1. The Kier molecular flexibility index (Phi) is 9.10. The molecule has 3 aromatic rings. The highest BCUT2D eigenvalue weighted by molar-refractivity contribution is 7.92. The minimum Gasteiger partial charge on any atom is -0.494 e. The third-order valence-electron chi connectivity index (χ3n) is 5.41. The molecule has 0 aliphatic rings. The molecule has 0 saturated heterocycles. The number of carbonyl (C=O) groups is 1. The number of nitrogens with one attached hydrogen (secondary N) is 1. The lowest BCUT2D eigenvalue weighted by molar-refractivity contribution is -0.137. The van der Waals surface area contributed by atoms with E-state index < -0.39 is 34.2 Å². The summed E-state index contributed by atoms with van der Waals surface area (Å²) in [6.45, 7) is 1.35. The molecule has 1 amide bonds. The average Bonchev–Trinajstić information content (AvgIpc) is 2.90. The van der Waals surface area contributed by atoms with Gasteiger partial charge in [-0.2, -0.15) is 13.2 Å². The number of benzene rings is 3. The number of halogens is 3. The Hall–Kier alpha value is -3.93. The molecule has 3 aromatic carbocycles. The van der Waals surface area contributed by atoms with Gasteiger partial charge in [-0.3, -0.25) is 9.10 Å². The Labute approximate surface area is 219 Å². The zero-order chi connectivity index (χ0) is 27.9. The van der Waals surface area contributed by atoms with Crippen molar-refractivity contribution in [2.45, 2.75) is 24.5 Å². The largest absolute Gasteiger partial charge is 0.494 e. The van der Waals surface area contributed by atoms with Crippen LogP contribution in [-0.4, -0.2) is 41.7 Å². The number of alkyl halides is 3. The van der Waals surface area contributed by atoms with Crippen LogP contribution >= 0.6 is 0 Å². The minimum atomic E-state index is -4.53. The van der Waals surface area contributed by atoms with Gasteiger partial charge in [-0.15, -0.1) is 0 Å². The van der Waals surface area contributed by atoms with Crippen molar-refractivity contribution in [2.75, 3.05) is 31.7 Å². The van der Waals surface area contributed by atoms with Gasteiger partial charge < -0.3 is 19.5 Å². The first-order chi connectivity index (χ1) is 18.0. The summed E-state index contributed by atoms with van der Waals surface area (Å²) in [5.41, 5.74) is -0.461. The van der Waals surface area contributed by atoms with Crippen molar-refractivity contribution < 1.29 is 40.6 Å². The molecule has 0 bridgehead atoms. The van der Waals surface area contributed by atoms with Gasteiger partial charge in [0, 0.05) is 12.6 Å². The van der Waals surface area contributed by atoms with Crippen LogP contribution in [-0.2, 0) is 27.5 Å². The highest BCUT2D eigenvalue weighted by atomic mass is 32.2. The standard InChI is InChI=1S/C26H27F3N2O6S/c1-4-37-21-10-8-20(9-11-21)31(38(33,34)22-12-13-23(35-2)24(15-22)36-3)17-25(32)30-16-18-6-5-7-19(14-18)26(27,28)29/h5-15H,4,16-17H2,1-3H3,(H,30,32). The summed E-state index contributed by atoms with van der Waals surface area (Å²) in [6, 6.07) is 14.6. The molecule has 0 fully saturated rings. The number of nitrogens with zero attached hydrogens (tertiary/aromatic N) is 1. The van der Waals surface area contributed by atoms with Crippen LogP contribution in [0.3, 0.4) is 0 Å². The lowest BCUT2D eigenvalue weighted by atomic mass is 10.1. The van der Waals surface area contributed by atoms with Gasteiger partial charge in [0.2, 0.25) is 5.91 Å². The Balaban J connectivity index is 1.90. The van der Waals surface area contributed by atoms with Crippen molar-refractivity contribution in [1.29, 1.82) is 0 Å². The Bertz CT molecular complexity index is 1360. The number of hydrogen-bond acceptors (Lipinski definition) is 6. The Morgan fingerprint density at radius 3 is 2.24 bits per heavy atom. The fourth-order valence-corrected chi connectivity index (χ4v) is 4.98. The van der Waals surface area contributed by atoms with E-state index in [1.807, 2.05) is 0 Å². The molecule has 0 aliphatic heterocycles. The number of sulfonamides is 1. The lowest BCUT2D eigenvalue weighted by Gasteiger charge is -2.25. The topological polar surface area (TPSA) is 94.2 Å². The van der Waals surface area contributed by atoms with Crippen molar-refractivity contribution >= 4 is 21.6 Å². The molecular weight excluding hydrogens is 525 g/mol. The van der Waals surface area contributed by atoms with E-state index in [1.165, 1.54) is 56.7 Å². The van der Waals surface area contributed by atoms with Crippen molar-refractivity contribution in [3.8, 4) is 17.2 Å². The van der Waals surface area contributed by atoms with Crippen LogP contribution in [0.2, 0.25) is 0 Å². The Morgan fingerprint density at radius 2 is 1.63 bits per heavy atom. The van der Waals surface area contributed by atoms with E-state index in [-0.39, 0.29) is 28.4 Å². The van der Waals surface area contributed by atoms with Crippen LogP contribution in [0.15, 0.2) is 71.6 Å². The summed E-state index contributed by atoms with van der Waals surface area (Å²) < 4.78 is 83.1. The van der Waals surface area contributed by atoms with Crippen LogP contribution in [0.5, 0.6) is 17.2 Å². The number of rotatable bonds is 11. The summed E-state index contributed by atoms with van der Waals surface area (Å²) in [6.07, 6.45) is -4.53. The van der Waals surface area contributed by atoms with Gasteiger partial charge >= 0.3 is 6.18 Å². The monoisotopic (exact) mass is 552 g/mol. The van der Waals surface area contributed by atoms with Crippen molar-refractivity contribution in [3.05, 3.63) is 77.9 Å². The molecule has 204 valence electrons. The van der Waals surface area contributed by atoms with Gasteiger partial charge in [-0.05, 0) is 61.0 Å². The van der Waals surface area contributed by atoms with E-state index in [2.05, 4.69) is 5.32 Å². The van der Waals surface area contributed by atoms with Gasteiger partial charge in [-0.1, -0.05) is 12.1 Å². The second-order valence-corrected chi connectivity index (χ2v) is 9.79. The number of ether oxygens (including phenoxy) is 3. The third-order valence-corrected chi connectivity index (χ3v) is 7.18. The first-order valence-corrected chi connectivity index (χ1v) is 12.8. The van der Waals surface area contributed by atoms with Crippen LogP contribution < -0.4 is 23.8 Å². The zero-order valence-electron chi connectivity index (χ0n) is 20.9. The third kappa shape index (κ3) is 6.88. The van der Waals surface area contributed by atoms with E-state index in [0.29, 0.717) is 18.1 Å². The number of amides is 1. The highest BCUT2D eigenvalue weighted by Gasteiger charge is 2.31. The van der Waals surface area contributed by atoms with Crippen molar-refractivity contribution in [2.24, 2.45) is 0 Å². The van der Waals surface area contributed by atoms with Crippen molar-refractivity contribution in [3.63, 3.8) is 0 Å². The molecular formula is C26H27F3N2O6S. The molecule has 12 heteroatoms. The molecule has 38 heavy (non-hydrogen) atoms. The molecule has 0 spiro atoms. The smallest absolute Gasteiger partial charge is 0.416 e. The first kappa shape index (κ1) is 28.6. The molecule has 0 atom stereocenters. The van der Waals surface area contributed by atoms with Gasteiger partial charge in [0.25, 0.3) is 10.0 Å². The molecule has 3 rings (SSSR count). The summed E-state index contributed by atoms with van der Waals surface area (Å²) in [4.78, 5) is 12.7. The van der Waals surface area contributed by atoms with Crippen LogP contribution in [0.1, 0.15) is 18.1 Å². The molecule has 0 saturated carbocycles. The van der Waals surface area contributed by atoms with Crippen LogP contribution in [0, 0.1) is 0 Å². The predicted molar refractivity (Wildman–Crippen MR) is 135 cm³/mol. The first-order valence-electron chi connectivity index (χ1n) is 11.4. The molecule has 0 radical (unpaired) electrons. The fourth-order valence-electron chi connectivity index (χ4n) is 3.54. The quantitative estimate of drug-likeness (QED) is 0.373. The van der Waals surface area contributed by atoms with Gasteiger partial charge in [0.05, 0.1) is 37.0 Å². The van der Waals surface area contributed by atoms with Crippen LogP contribution in [0.25, 0.3) is 0 Å². The van der Waals surface area contributed by atoms with Gasteiger partial charge in [0.15, 0.2) is 11.5 Å². The molecule has 0 aliphatic carbocycles. The van der Waals surface area contributed by atoms with E-state index in [1.54, 1.807) is 19.1 Å². The maximum Gasteiger partial charge on any atom is 0.416 e. The second kappa shape index (κ2) is 12.1. The SMILES string of the molecule is CCOc1ccc(N(CC(=O)NCc2cccc(C(F)(F)F)c2)S(=O)(=O)c2ccc(OC)c(OC)c2)cc1. The normalized spacial score (nSPS) is 11.5. The number of carbonyl (C=O) groups excluding carboxylic acids is 1. The summed E-state index contributed by atoms with van der Waals surface area (Å²) in [7, 11) is -1.52. The highest BCUT2D eigenvalue weighted by Crippen LogP contribution is 2.33. The predicted octanol–water partition coefficient (Wildman–Crippen LogP) is 4.63. The average molecular weight is 553 g/mol. The molecule has 0 unspecified atom stereocenters.